The Balaban J connectivity index is 0.901. The van der Waals surface area contributed by atoms with Crippen LogP contribution in [0.2, 0.25) is 0 Å². The lowest BCUT2D eigenvalue weighted by Gasteiger charge is -2.45. The first-order valence-electron chi connectivity index (χ1n) is 18.3. The van der Waals surface area contributed by atoms with Crippen LogP contribution in [0, 0.1) is 5.92 Å². The minimum absolute atomic E-state index is 0.0954. The number of sulfone groups is 1. The number of nitrogens with zero attached hydrogens (tertiary/aromatic N) is 3. The molecular formula is C39H51N3O7S. The van der Waals surface area contributed by atoms with Gasteiger partial charge in [-0.05, 0) is 107 Å². The van der Waals surface area contributed by atoms with Crippen LogP contribution in [0.1, 0.15) is 50.7 Å². The minimum Gasteiger partial charge on any atom is -0.492 e. The number of rotatable bonds is 13. The highest BCUT2D eigenvalue weighted by Gasteiger charge is 2.47. The molecule has 270 valence electrons. The van der Waals surface area contributed by atoms with E-state index in [1.165, 1.54) is 24.5 Å². The molecule has 0 aromatic heterocycles. The summed E-state index contributed by atoms with van der Waals surface area (Å²) in [7, 11) is -3.73. The van der Waals surface area contributed by atoms with Crippen LogP contribution in [0.3, 0.4) is 0 Å². The van der Waals surface area contributed by atoms with Crippen LogP contribution in [0.15, 0.2) is 76.5 Å². The summed E-state index contributed by atoms with van der Waals surface area (Å²) < 4.78 is 56.4. The van der Waals surface area contributed by atoms with E-state index in [1.807, 2.05) is 12.1 Å². The summed E-state index contributed by atoms with van der Waals surface area (Å²) in [5.41, 5.74) is 2.21. The Bertz CT molecular complexity index is 1660. The van der Waals surface area contributed by atoms with Crippen molar-refractivity contribution in [2.75, 3.05) is 72.4 Å². The third-order valence-corrected chi connectivity index (χ3v) is 12.7. The highest BCUT2D eigenvalue weighted by atomic mass is 32.2. The molecule has 3 saturated heterocycles. The Labute approximate surface area is 297 Å². The van der Waals surface area contributed by atoms with Gasteiger partial charge in [0.1, 0.15) is 12.4 Å². The van der Waals surface area contributed by atoms with Gasteiger partial charge in [0, 0.05) is 36.7 Å². The number of fused-ring (bicyclic) bond motifs is 1. The van der Waals surface area contributed by atoms with Crippen molar-refractivity contribution >= 4 is 9.84 Å². The molecule has 3 fully saturated rings. The van der Waals surface area contributed by atoms with Crippen molar-refractivity contribution in [3.05, 3.63) is 77.9 Å². The maximum Gasteiger partial charge on any atom is 0.231 e. The van der Waals surface area contributed by atoms with E-state index in [-0.39, 0.29) is 22.5 Å². The SMILES string of the molecule is CCN(CC)CCOc1ccc(CN2CCC(N3CCC(C4(c5ccc(S(=O)(=O)c6ccc7c(c6)OCO7)cc5)OCCO4)CC3)CC2)cc1. The number of likely N-dealkylation sites (tertiary alicyclic amines) is 2. The Morgan fingerprint density at radius 3 is 2.14 bits per heavy atom. The predicted molar refractivity (Wildman–Crippen MR) is 190 cm³/mol. The number of likely N-dealkylation sites (N-methyl/N-ethyl adjacent to an activating group) is 1. The molecule has 50 heavy (non-hydrogen) atoms. The first-order valence-corrected chi connectivity index (χ1v) is 19.8. The van der Waals surface area contributed by atoms with Crippen LogP contribution in [0.5, 0.6) is 17.2 Å². The molecule has 0 saturated carbocycles. The van der Waals surface area contributed by atoms with E-state index in [1.54, 1.807) is 24.3 Å². The molecule has 0 aliphatic carbocycles. The molecule has 0 amide bonds. The lowest BCUT2D eigenvalue weighted by Crippen LogP contribution is -2.50. The van der Waals surface area contributed by atoms with Crippen molar-refractivity contribution in [1.82, 2.24) is 14.7 Å². The van der Waals surface area contributed by atoms with Crippen molar-refractivity contribution in [3.8, 4) is 17.2 Å². The maximum absolute atomic E-state index is 13.5. The number of hydrogen-bond acceptors (Lipinski definition) is 10. The summed E-state index contributed by atoms with van der Waals surface area (Å²) in [4.78, 5) is 8.02. The van der Waals surface area contributed by atoms with Crippen molar-refractivity contribution < 1.29 is 32.1 Å². The average molecular weight is 706 g/mol. The molecule has 0 spiro atoms. The molecule has 0 unspecified atom stereocenters. The lowest BCUT2D eigenvalue weighted by molar-refractivity contribution is -0.215. The number of ether oxygens (including phenoxy) is 5. The molecule has 0 radical (unpaired) electrons. The van der Waals surface area contributed by atoms with Gasteiger partial charge in [-0.2, -0.15) is 0 Å². The fourth-order valence-electron chi connectivity index (χ4n) is 7.98. The molecule has 0 bridgehead atoms. The van der Waals surface area contributed by atoms with Crippen LogP contribution in [0.25, 0.3) is 0 Å². The molecule has 3 aromatic carbocycles. The Morgan fingerprint density at radius 2 is 1.46 bits per heavy atom. The summed E-state index contributed by atoms with van der Waals surface area (Å²) >= 11 is 0. The Hall–Kier alpha value is -3.19. The van der Waals surface area contributed by atoms with E-state index in [0.717, 1.165) is 83.1 Å². The third-order valence-electron chi connectivity index (χ3n) is 11.0. The van der Waals surface area contributed by atoms with Gasteiger partial charge in [0.2, 0.25) is 16.6 Å². The zero-order valence-corrected chi connectivity index (χ0v) is 30.2. The van der Waals surface area contributed by atoms with Gasteiger partial charge in [-0.3, -0.25) is 4.90 Å². The van der Waals surface area contributed by atoms with Gasteiger partial charge in [-0.25, -0.2) is 8.42 Å². The van der Waals surface area contributed by atoms with Crippen LogP contribution in [-0.2, 0) is 31.6 Å². The quantitative estimate of drug-likeness (QED) is 0.226. The predicted octanol–water partition coefficient (Wildman–Crippen LogP) is 5.54. The van der Waals surface area contributed by atoms with Crippen molar-refractivity contribution in [2.24, 2.45) is 5.92 Å². The second-order valence-corrected chi connectivity index (χ2v) is 15.7. The molecule has 4 aliphatic heterocycles. The van der Waals surface area contributed by atoms with Crippen LogP contribution >= 0.6 is 0 Å². The topological polar surface area (TPSA) is 90.0 Å². The van der Waals surface area contributed by atoms with Crippen LogP contribution < -0.4 is 14.2 Å². The van der Waals surface area contributed by atoms with Gasteiger partial charge < -0.3 is 33.5 Å². The summed E-state index contributed by atoms with van der Waals surface area (Å²) in [6.45, 7) is 14.5. The van der Waals surface area contributed by atoms with E-state index in [9.17, 15) is 8.42 Å². The second-order valence-electron chi connectivity index (χ2n) is 13.7. The van der Waals surface area contributed by atoms with E-state index >= 15 is 0 Å². The number of hydrogen-bond donors (Lipinski definition) is 0. The van der Waals surface area contributed by atoms with Gasteiger partial charge in [-0.15, -0.1) is 0 Å². The van der Waals surface area contributed by atoms with E-state index in [4.69, 9.17) is 23.7 Å². The molecule has 4 aliphatic rings. The summed E-state index contributed by atoms with van der Waals surface area (Å²) in [5, 5.41) is 0. The molecular weight excluding hydrogens is 655 g/mol. The first kappa shape index (κ1) is 35.2. The van der Waals surface area contributed by atoms with Crippen molar-refractivity contribution in [1.29, 1.82) is 0 Å². The van der Waals surface area contributed by atoms with Crippen molar-refractivity contribution in [3.63, 3.8) is 0 Å². The normalized spacial score (nSPS) is 20.5. The lowest BCUT2D eigenvalue weighted by atomic mass is 9.83. The van der Waals surface area contributed by atoms with Gasteiger partial charge in [0.25, 0.3) is 0 Å². The largest absolute Gasteiger partial charge is 0.492 e. The van der Waals surface area contributed by atoms with Gasteiger partial charge in [-0.1, -0.05) is 38.1 Å². The first-order chi connectivity index (χ1) is 24.4. The Morgan fingerprint density at radius 1 is 0.800 bits per heavy atom. The summed E-state index contributed by atoms with van der Waals surface area (Å²) in [6, 6.07) is 21.0. The third kappa shape index (κ3) is 7.54. The molecule has 4 heterocycles. The van der Waals surface area contributed by atoms with Crippen LogP contribution in [-0.4, -0.2) is 102 Å². The number of benzene rings is 3. The molecule has 7 rings (SSSR count). The van der Waals surface area contributed by atoms with Gasteiger partial charge >= 0.3 is 0 Å². The summed E-state index contributed by atoms with van der Waals surface area (Å²) in [6.07, 6.45) is 4.30. The van der Waals surface area contributed by atoms with Crippen molar-refractivity contribution in [2.45, 2.75) is 67.7 Å². The monoisotopic (exact) mass is 705 g/mol. The number of piperidine rings is 2. The van der Waals surface area contributed by atoms with E-state index < -0.39 is 15.6 Å². The average Bonchev–Trinajstić information content (AvgIpc) is 3.86. The smallest absolute Gasteiger partial charge is 0.231 e. The molecule has 10 nitrogen and oxygen atoms in total. The molecule has 11 heteroatoms. The van der Waals surface area contributed by atoms with E-state index in [2.05, 4.69) is 52.8 Å². The summed E-state index contributed by atoms with van der Waals surface area (Å²) in [5.74, 6) is 1.30. The molecule has 0 N–H and O–H groups in total. The zero-order valence-electron chi connectivity index (χ0n) is 29.4. The molecule has 3 aromatic rings. The highest BCUT2D eigenvalue weighted by Crippen LogP contribution is 2.44. The van der Waals surface area contributed by atoms with Gasteiger partial charge in [0.15, 0.2) is 17.3 Å². The van der Waals surface area contributed by atoms with Crippen LogP contribution in [0.4, 0.5) is 0 Å². The fourth-order valence-corrected chi connectivity index (χ4v) is 9.26. The highest BCUT2D eigenvalue weighted by molar-refractivity contribution is 7.91. The molecule has 0 atom stereocenters. The Kier molecular flexibility index (Phi) is 11.0. The van der Waals surface area contributed by atoms with Gasteiger partial charge in [0.05, 0.1) is 23.0 Å². The van der Waals surface area contributed by atoms with E-state index in [0.29, 0.717) is 30.8 Å². The standard InChI is InChI=1S/C39H51N3O7S/c1-3-40(4-2)23-24-45-34-9-5-30(6-10-34)28-41-19-17-33(18-20-41)42-21-15-32(16-22-42)39(48-25-26-49-39)31-7-11-35(12-8-31)50(43,44)36-13-14-37-38(27-36)47-29-46-37/h5-14,27,32-33H,3-4,15-26,28-29H2,1-2H3. The fraction of sp³-hybridized carbons (Fsp3) is 0.538. The second kappa shape index (κ2) is 15.6. The maximum atomic E-state index is 13.5. The zero-order chi connectivity index (χ0) is 34.6. The minimum atomic E-state index is -3.73.